The van der Waals surface area contributed by atoms with Crippen LogP contribution >= 0.6 is 0 Å². The van der Waals surface area contributed by atoms with Gasteiger partial charge in [-0.2, -0.15) is 0 Å². The molecule has 1 N–H and O–H groups in total. The molecule has 0 aromatic heterocycles. The first-order valence-corrected chi connectivity index (χ1v) is 7.29. The maximum atomic E-state index is 12.9. The molecule has 1 unspecified atom stereocenters. The van der Waals surface area contributed by atoms with Gasteiger partial charge in [0.25, 0.3) is 0 Å². The number of halogens is 1. The Morgan fingerprint density at radius 1 is 1.15 bits per heavy atom. The Labute approximate surface area is 121 Å². The summed E-state index contributed by atoms with van der Waals surface area (Å²) in [6.45, 7) is 10.8. The molecule has 1 aromatic carbocycles. The summed E-state index contributed by atoms with van der Waals surface area (Å²) in [5, 5.41) is 9.79. The van der Waals surface area contributed by atoms with Crippen molar-refractivity contribution < 1.29 is 9.50 Å². The molecule has 0 amide bonds. The molecule has 3 nitrogen and oxygen atoms in total. The molecule has 2 rings (SSSR count). The Morgan fingerprint density at radius 3 is 2.20 bits per heavy atom. The molecule has 0 bridgehead atoms. The van der Waals surface area contributed by atoms with E-state index >= 15 is 0 Å². The molecule has 1 fully saturated rings. The van der Waals surface area contributed by atoms with Gasteiger partial charge in [-0.05, 0) is 31.2 Å². The molecule has 0 spiro atoms. The first kappa shape index (κ1) is 15.3. The molecule has 0 radical (unpaired) electrons. The van der Waals surface area contributed by atoms with Gasteiger partial charge in [0.15, 0.2) is 0 Å². The van der Waals surface area contributed by atoms with E-state index in [1.165, 1.54) is 12.1 Å². The molecule has 1 heterocycles. The minimum Gasteiger partial charge on any atom is -0.393 e. The Hall–Kier alpha value is -1.13. The molecule has 1 saturated heterocycles. The van der Waals surface area contributed by atoms with Crippen LogP contribution in [0.3, 0.4) is 0 Å². The number of nitrogens with zero attached hydrogens (tertiary/aromatic N) is 2. The summed E-state index contributed by atoms with van der Waals surface area (Å²) in [6.07, 6.45) is -0.308. The van der Waals surface area contributed by atoms with Gasteiger partial charge in [0, 0.05) is 43.8 Å². The topological polar surface area (TPSA) is 26.7 Å². The van der Waals surface area contributed by atoms with Gasteiger partial charge >= 0.3 is 0 Å². The van der Waals surface area contributed by atoms with E-state index in [0.717, 1.165) is 38.4 Å². The van der Waals surface area contributed by atoms with E-state index in [1.54, 1.807) is 0 Å². The zero-order chi connectivity index (χ0) is 14.8. The summed E-state index contributed by atoms with van der Waals surface area (Å²) in [6, 6.07) is 6.70. The number of aliphatic hydroxyl groups excluding tert-OH is 1. The largest absolute Gasteiger partial charge is 0.393 e. The number of anilines is 1. The predicted molar refractivity (Wildman–Crippen MR) is 80.5 cm³/mol. The number of hydrogen-bond acceptors (Lipinski definition) is 3. The molecule has 0 aliphatic carbocycles. The Morgan fingerprint density at radius 2 is 1.70 bits per heavy atom. The van der Waals surface area contributed by atoms with Gasteiger partial charge in [0.1, 0.15) is 5.82 Å². The molecule has 1 atom stereocenters. The van der Waals surface area contributed by atoms with Crippen molar-refractivity contribution >= 4 is 5.69 Å². The van der Waals surface area contributed by atoms with Crippen LogP contribution in [0, 0.1) is 11.2 Å². The fourth-order valence-electron chi connectivity index (χ4n) is 2.52. The van der Waals surface area contributed by atoms with Crippen LogP contribution in [0.1, 0.15) is 20.8 Å². The van der Waals surface area contributed by atoms with Crippen LogP contribution in [-0.4, -0.2) is 48.8 Å². The van der Waals surface area contributed by atoms with Gasteiger partial charge in [-0.25, -0.2) is 4.39 Å². The van der Waals surface area contributed by atoms with Crippen LogP contribution < -0.4 is 4.90 Å². The van der Waals surface area contributed by atoms with E-state index in [1.807, 2.05) is 19.1 Å². The molecule has 112 valence electrons. The normalized spacial score (nSPS) is 19.1. The minimum absolute atomic E-state index is 0.0853. The monoisotopic (exact) mass is 280 g/mol. The SMILES string of the molecule is CC(O)C(C)(C)CN1CCN(c2ccc(F)cc2)CC1. The summed E-state index contributed by atoms with van der Waals surface area (Å²) in [4.78, 5) is 4.68. The van der Waals surface area contributed by atoms with E-state index < -0.39 is 0 Å². The van der Waals surface area contributed by atoms with Crippen molar-refractivity contribution in [2.75, 3.05) is 37.6 Å². The molecule has 1 aliphatic rings. The first-order chi connectivity index (χ1) is 9.38. The fraction of sp³-hybridized carbons (Fsp3) is 0.625. The zero-order valence-corrected chi connectivity index (χ0v) is 12.6. The van der Waals surface area contributed by atoms with Crippen LogP contribution in [0.5, 0.6) is 0 Å². The van der Waals surface area contributed by atoms with Crippen molar-refractivity contribution in [3.05, 3.63) is 30.1 Å². The standard InChI is InChI=1S/C16H25FN2O/c1-13(20)16(2,3)12-18-8-10-19(11-9-18)15-6-4-14(17)5-7-15/h4-7,13,20H,8-12H2,1-3H3. The third-order valence-electron chi connectivity index (χ3n) is 4.33. The second-order valence-electron chi connectivity index (χ2n) is 6.40. The lowest BCUT2D eigenvalue weighted by molar-refractivity contribution is 0.0330. The highest BCUT2D eigenvalue weighted by molar-refractivity contribution is 5.46. The summed E-state index contributed by atoms with van der Waals surface area (Å²) in [5.41, 5.74) is 0.999. The van der Waals surface area contributed by atoms with Crippen LogP contribution in [0.15, 0.2) is 24.3 Å². The van der Waals surface area contributed by atoms with Gasteiger partial charge in [0.2, 0.25) is 0 Å². The van der Waals surface area contributed by atoms with Crippen molar-refractivity contribution in [2.45, 2.75) is 26.9 Å². The van der Waals surface area contributed by atoms with Gasteiger partial charge in [-0.1, -0.05) is 13.8 Å². The molecule has 4 heteroatoms. The van der Waals surface area contributed by atoms with Crippen LogP contribution in [-0.2, 0) is 0 Å². The molecule has 1 aliphatic heterocycles. The maximum Gasteiger partial charge on any atom is 0.123 e. The highest BCUT2D eigenvalue weighted by atomic mass is 19.1. The average Bonchev–Trinajstić information content (AvgIpc) is 2.40. The van der Waals surface area contributed by atoms with Crippen LogP contribution in [0.25, 0.3) is 0 Å². The number of hydrogen-bond donors (Lipinski definition) is 1. The molecular weight excluding hydrogens is 255 g/mol. The highest BCUT2D eigenvalue weighted by Gasteiger charge is 2.28. The number of rotatable bonds is 4. The molecule has 1 aromatic rings. The maximum absolute atomic E-state index is 12.9. The van der Waals surface area contributed by atoms with Crippen molar-refractivity contribution in [2.24, 2.45) is 5.41 Å². The number of aliphatic hydroxyl groups is 1. The summed E-state index contributed by atoms with van der Waals surface area (Å²) in [5.74, 6) is -0.189. The lowest BCUT2D eigenvalue weighted by Gasteiger charge is -2.40. The molecular formula is C16H25FN2O. The lowest BCUT2D eigenvalue weighted by atomic mass is 9.86. The summed E-state index contributed by atoms with van der Waals surface area (Å²) in [7, 11) is 0. The lowest BCUT2D eigenvalue weighted by Crippen LogP contribution is -2.50. The highest BCUT2D eigenvalue weighted by Crippen LogP contribution is 2.23. The average molecular weight is 280 g/mol. The van der Waals surface area contributed by atoms with Crippen molar-refractivity contribution in [1.29, 1.82) is 0 Å². The van der Waals surface area contributed by atoms with E-state index in [0.29, 0.717) is 0 Å². The van der Waals surface area contributed by atoms with Crippen molar-refractivity contribution in [3.63, 3.8) is 0 Å². The number of piperazine rings is 1. The second kappa shape index (κ2) is 6.10. The molecule has 0 saturated carbocycles. The molecule has 20 heavy (non-hydrogen) atoms. The van der Waals surface area contributed by atoms with Crippen LogP contribution in [0.4, 0.5) is 10.1 Å². The summed E-state index contributed by atoms with van der Waals surface area (Å²) >= 11 is 0. The number of benzene rings is 1. The smallest absolute Gasteiger partial charge is 0.123 e. The second-order valence-corrected chi connectivity index (χ2v) is 6.40. The third kappa shape index (κ3) is 3.70. The Bertz CT molecular complexity index is 423. The third-order valence-corrected chi connectivity index (χ3v) is 4.33. The quantitative estimate of drug-likeness (QED) is 0.917. The minimum atomic E-state index is -0.308. The fourth-order valence-corrected chi connectivity index (χ4v) is 2.52. The van der Waals surface area contributed by atoms with Gasteiger partial charge in [-0.3, -0.25) is 4.90 Å². The van der Waals surface area contributed by atoms with Gasteiger partial charge in [-0.15, -0.1) is 0 Å². The Kier molecular flexibility index (Phi) is 4.66. The predicted octanol–water partition coefficient (Wildman–Crippen LogP) is 2.35. The zero-order valence-electron chi connectivity index (χ0n) is 12.6. The van der Waals surface area contributed by atoms with Crippen LogP contribution in [0.2, 0.25) is 0 Å². The van der Waals surface area contributed by atoms with Gasteiger partial charge in [0.05, 0.1) is 6.10 Å². The first-order valence-electron chi connectivity index (χ1n) is 7.29. The van der Waals surface area contributed by atoms with Crippen molar-refractivity contribution in [3.8, 4) is 0 Å². The van der Waals surface area contributed by atoms with Gasteiger partial charge < -0.3 is 10.0 Å². The van der Waals surface area contributed by atoms with E-state index in [2.05, 4.69) is 23.6 Å². The van der Waals surface area contributed by atoms with E-state index in [-0.39, 0.29) is 17.3 Å². The van der Waals surface area contributed by atoms with E-state index in [4.69, 9.17) is 0 Å². The van der Waals surface area contributed by atoms with E-state index in [9.17, 15) is 9.50 Å². The Balaban J connectivity index is 1.88. The summed E-state index contributed by atoms with van der Waals surface area (Å²) < 4.78 is 12.9. The van der Waals surface area contributed by atoms with Crippen molar-refractivity contribution in [1.82, 2.24) is 4.90 Å².